The van der Waals surface area contributed by atoms with Crippen LogP contribution in [-0.2, 0) is 13.5 Å². The number of rotatable bonds is 4. The number of nitrogens with two attached hydrogens (primary N) is 1. The van der Waals surface area contributed by atoms with E-state index in [-0.39, 0.29) is 0 Å². The lowest BCUT2D eigenvalue weighted by molar-refractivity contribution is 0.711. The summed E-state index contributed by atoms with van der Waals surface area (Å²) in [7, 11) is 2.15. The van der Waals surface area contributed by atoms with Gasteiger partial charge in [-0.05, 0) is 50.4 Å². The molecule has 0 saturated heterocycles. The molecule has 0 radical (unpaired) electrons. The number of aromatic nitrogens is 1. The van der Waals surface area contributed by atoms with Crippen LogP contribution in [0.3, 0.4) is 0 Å². The number of hydrogen-bond acceptors (Lipinski definition) is 1. The first kappa shape index (κ1) is 11.2. The first-order chi connectivity index (χ1) is 7.74. The molecule has 1 heterocycles. The van der Waals surface area contributed by atoms with E-state index in [0.717, 1.165) is 19.4 Å². The molecule has 2 rings (SSSR count). The third-order valence-electron chi connectivity index (χ3n) is 3.29. The van der Waals surface area contributed by atoms with Crippen LogP contribution in [0.15, 0.2) is 24.3 Å². The van der Waals surface area contributed by atoms with Crippen molar-refractivity contribution in [1.82, 2.24) is 4.57 Å². The van der Waals surface area contributed by atoms with Crippen LogP contribution in [0.5, 0.6) is 0 Å². The zero-order chi connectivity index (χ0) is 11.5. The van der Waals surface area contributed by atoms with Gasteiger partial charge in [0.15, 0.2) is 0 Å². The summed E-state index contributed by atoms with van der Waals surface area (Å²) in [6.07, 6.45) is 3.42. The third-order valence-corrected chi connectivity index (χ3v) is 3.29. The monoisotopic (exact) mass is 216 g/mol. The Bertz CT molecular complexity index is 483. The van der Waals surface area contributed by atoms with Gasteiger partial charge in [0.05, 0.1) is 0 Å². The molecule has 2 aromatic rings. The highest BCUT2D eigenvalue weighted by Gasteiger charge is 2.06. The molecule has 0 spiro atoms. The molecule has 1 aromatic carbocycles. The van der Waals surface area contributed by atoms with Gasteiger partial charge in [0, 0.05) is 23.6 Å². The molecular weight excluding hydrogens is 196 g/mol. The van der Waals surface area contributed by atoms with Gasteiger partial charge in [-0.1, -0.05) is 12.1 Å². The van der Waals surface area contributed by atoms with Gasteiger partial charge in [0.1, 0.15) is 0 Å². The fourth-order valence-electron chi connectivity index (χ4n) is 2.25. The fourth-order valence-corrected chi connectivity index (χ4v) is 2.25. The maximum absolute atomic E-state index is 5.52. The summed E-state index contributed by atoms with van der Waals surface area (Å²) in [5.74, 6) is 0. The van der Waals surface area contributed by atoms with Crippen molar-refractivity contribution in [2.24, 2.45) is 12.8 Å². The maximum Gasteiger partial charge on any atom is 0.0482 e. The average Bonchev–Trinajstić information content (AvgIpc) is 2.59. The van der Waals surface area contributed by atoms with Crippen molar-refractivity contribution in [2.75, 3.05) is 6.54 Å². The molecule has 0 amide bonds. The van der Waals surface area contributed by atoms with Crippen LogP contribution in [0.2, 0.25) is 0 Å². The SMILES string of the molecule is Cc1cccc2c1cc(CCCCN)n2C. The highest BCUT2D eigenvalue weighted by Crippen LogP contribution is 2.22. The van der Waals surface area contributed by atoms with E-state index in [1.807, 2.05) is 0 Å². The van der Waals surface area contributed by atoms with Gasteiger partial charge in [0.2, 0.25) is 0 Å². The zero-order valence-electron chi connectivity index (χ0n) is 10.2. The smallest absolute Gasteiger partial charge is 0.0482 e. The normalized spacial score (nSPS) is 11.2. The molecule has 2 nitrogen and oxygen atoms in total. The minimum atomic E-state index is 0.795. The van der Waals surface area contributed by atoms with E-state index in [1.54, 1.807) is 0 Å². The van der Waals surface area contributed by atoms with Gasteiger partial charge in [-0.15, -0.1) is 0 Å². The van der Waals surface area contributed by atoms with Gasteiger partial charge in [-0.25, -0.2) is 0 Å². The molecule has 0 atom stereocenters. The summed E-state index contributed by atoms with van der Waals surface area (Å²) < 4.78 is 2.30. The Morgan fingerprint density at radius 3 is 2.75 bits per heavy atom. The standard InChI is InChI=1S/C14H20N2/c1-11-6-5-8-14-13(11)10-12(16(14)2)7-3-4-9-15/h5-6,8,10H,3-4,7,9,15H2,1-2H3. The number of benzene rings is 1. The molecule has 2 heteroatoms. The second-order valence-corrected chi connectivity index (χ2v) is 4.45. The summed E-state index contributed by atoms with van der Waals surface area (Å²) in [4.78, 5) is 0. The van der Waals surface area contributed by atoms with Crippen molar-refractivity contribution in [3.05, 3.63) is 35.5 Å². The molecule has 0 aliphatic heterocycles. The van der Waals surface area contributed by atoms with Crippen LogP contribution in [0, 0.1) is 6.92 Å². The van der Waals surface area contributed by atoms with Gasteiger partial charge < -0.3 is 10.3 Å². The molecule has 86 valence electrons. The molecule has 0 saturated carbocycles. The van der Waals surface area contributed by atoms with Crippen LogP contribution in [0.25, 0.3) is 10.9 Å². The second kappa shape index (κ2) is 4.71. The van der Waals surface area contributed by atoms with Crippen molar-refractivity contribution in [3.63, 3.8) is 0 Å². The molecule has 16 heavy (non-hydrogen) atoms. The first-order valence-corrected chi connectivity index (χ1v) is 5.98. The lowest BCUT2D eigenvalue weighted by atomic mass is 10.1. The summed E-state index contributed by atoms with van der Waals surface area (Å²) in [5, 5.41) is 1.38. The zero-order valence-corrected chi connectivity index (χ0v) is 10.2. The second-order valence-electron chi connectivity index (χ2n) is 4.45. The Labute approximate surface area is 97.1 Å². The van der Waals surface area contributed by atoms with Crippen LogP contribution < -0.4 is 5.73 Å². The Morgan fingerprint density at radius 1 is 1.25 bits per heavy atom. The summed E-state index contributed by atoms with van der Waals surface area (Å²) in [5.41, 5.74) is 9.63. The van der Waals surface area contributed by atoms with Gasteiger partial charge in [0.25, 0.3) is 0 Å². The highest BCUT2D eigenvalue weighted by atomic mass is 14.9. The molecular formula is C14H20N2. The minimum absolute atomic E-state index is 0.795. The van der Waals surface area contributed by atoms with E-state index >= 15 is 0 Å². The molecule has 2 N–H and O–H groups in total. The molecule has 0 aliphatic carbocycles. The fraction of sp³-hybridized carbons (Fsp3) is 0.429. The van der Waals surface area contributed by atoms with E-state index in [2.05, 4.69) is 42.8 Å². The molecule has 0 aliphatic rings. The molecule has 0 bridgehead atoms. The van der Waals surface area contributed by atoms with E-state index < -0.39 is 0 Å². The van der Waals surface area contributed by atoms with Crippen LogP contribution in [0.4, 0.5) is 0 Å². The summed E-state index contributed by atoms with van der Waals surface area (Å²) in [6.45, 7) is 2.97. The average molecular weight is 216 g/mol. The van der Waals surface area contributed by atoms with Gasteiger partial charge in [-0.3, -0.25) is 0 Å². The van der Waals surface area contributed by atoms with Crippen molar-refractivity contribution in [3.8, 4) is 0 Å². The van der Waals surface area contributed by atoms with Crippen molar-refractivity contribution in [1.29, 1.82) is 0 Å². The third kappa shape index (κ3) is 1.98. The lowest BCUT2D eigenvalue weighted by Gasteiger charge is -2.03. The maximum atomic E-state index is 5.52. The number of fused-ring (bicyclic) bond motifs is 1. The van der Waals surface area contributed by atoms with Crippen LogP contribution in [0.1, 0.15) is 24.1 Å². The minimum Gasteiger partial charge on any atom is -0.348 e. The Balaban J connectivity index is 2.33. The van der Waals surface area contributed by atoms with Gasteiger partial charge >= 0.3 is 0 Å². The molecule has 0 fully saturated rings. The summed E-state index contributed by atoms with van der Waals surface area (Å²) in [6, 6.07) is 8.81. The largest absolute Gasteiger partial charge is 0.348 e. The quantitative estimate of drug-likeness (QED) is 0.783. The van der Waals surface area contributed by atoms with E-state index in [1.165, 1.54) is 28.6 Å². The Hall–Kier alpha value is -1.28. The predicted molar refractivity (Wildman–Crippen MR) is 69.6 cm³/mol. The Kier molecular flexibility index (Phi) is 3.30. The van der Waals surface area contributed by atoms with E-state index in [9.17, 15) is 0 Å². The number of hydrogen-bond donors (Lipinski definition) is 1. The van der Waals surface area contributed by atoms with Crippen molar-refractivity contribution >= 4 is 10.9 Å². The van der Waals surface area contributed by atoms with Crippen LogP contribution >= 0.6 is 0 Å². The molecule has 1 aromatic heterocycles. The van der Waals surface area contributed by atoms with Crippen molar-refractivity contribution < 1.29 is 0 Å². The Morgan fingerprint density at radius 2 is 2.06 bits per heavy atom. The van der Waals surface area contributed by atoms with Crippen LogP contribution in [-0.4, -0.2) is 11.1 Å². The number of unbranched alkanes of at least 4 members (excludes halogenated alkanes) is 1. The summed E-state index contributed by atoms with van der Waals surface area (Å²) >= 11 is 0. The number of nitrogens with zero attached hydrogens (tertiary/aromatic N) is 1. The topological polar surface area (TPSA) is 30.9 Å². The van der Waals surface area contributed by atoms with Gasteiger partial charge in [-0.2, -0.15) is 0 Å². The predicted octanol–water partition coefficient (Wildman–Crippen LogP) is 2.77. The van der Waals surface area contributed by atoms with Crippen molar-refractivity contribution in [2.45, 2.75) is 26.2 Å². The number of aryl methyl sites for hydroxylation is 3. The van der Waals surface area contributed by atoms with E-state index in [4.69, 9.17) is 5.73 Å². The van der Waals surface area contributed by atoms with E-state index in [0.29, 0.717) is 0 Å². The molecule has 0 unspecified atom stereocenters. The first-order valence-electron chi connectivity index (χ1n) is 5.98. The highest BCUT2D eigenvalue weighted by molar-refractivity contribution is 5.84. The lowest BCUT2D eigenvalue weighted by Crippen LogP contribution is -2.01.